The fourth-order valence-electron chi connectivity index (χ4n) is 1.58. The van der Waals surface area contributed by atoms with E-state index < -0.39 is 74.6 Å². The van der Waals surface area contributed by atoms with Crippen LogP contribution in [0.1, 0.15) is 0 Å². The van der Waals surface area contributed by atoms with Crippen LogP contribution in [0.25, 0.3) is 0 Å². The summed E-state index contributed by atoms with van der Waals surface area (Å²) in [6.07, 6.45) is -16.0. The summed E-state index contributed by atoms with van der Waals surface area (Å²) in [6.45, 7) is -2.81. The van der Waals surface area contributed by atoms with Crippen LogP contribution in [0.5, 0.6) is 0 Å². The molecular weight excluding hydrogens is 336 g/mol. The molecule has 0 aromatic heterocycles. The number of hydrogen-bond acceptors (Lipinski definition) is 12. The van der Waals surface area contributed by atoms with Crippen LogP contribution in [-0.2, 0) is 9.53 Å². The first-order valence-corrected chi connectivity index (χ1v) is 6.91. The van der Waals surface area contributed by atoms with Crippen molar-refractivity contribution < 1.29 is 60.6 Å². The summed E-state index contributed by atoms with van der Waals surface area (Å²) < 4.78 is 4.37. The highest BCUT2D eigenvalue weighted by molar-refractivity contribution is 5.75. The van der Waals surface area contributed by atoms with Gasteiger partial charge in [-0.2, -0.15) is 0 Å². The summed E-state index contributed by atoms with van der Waals surface area (Å²) in [7, 11) is 0. The van der Waals surface area contributed by atoms with Crippen LogP contribution in [0.15, 0.2) is 0 Å². The van der Waals surface area contributed by atoms with Crippen molar-refractivity contribution in [2.75, 3.05) is 19.8 Å². The molecule has 0 saturated heterocycles. The van der Waals surface area contributed by atoms with Gasteiger partial charge in [0.1, 0.15) is 49.3 Å². The van der Waals surface area contributed by atoms with E-state index in [0.717, 1.165) is 0 Å². The summed E-state index contributed by atoms with van der Waals surface area (Å²) in [5.74, 6) is -1.53. The number of carbonyl (C=O) groups is 1. The Kier molecular flexibility index (Phi) is 10.4. The molecule has 0 aromatic rings. The molecule has 0 bridgehead atoms. The van der Waals surface area contributed by atoms with E-state index in [4.69, 9.17) is 20.4 Å². The summed E-state index contributed by atoms with van der Waals surface area (Å²) in [5.41, 5.74) is 0. The van der Waals surface area contributed by atoms with Crippen LogP contribution in [0, 0.1) is 0 Å². The molecule has 144 valence electrons. The second-order valence-corrected chi connectivity index (χ2v) is 5.10. The minimum atomic E-state index is -2.33. The van der Waals surface area contributed by atoms with Crippen molar-refractivity contribution in [3.8, 4) is 0 Å². The predicted octanol–water partition coefficient (Wildman–Crippen LogP) is -6.60. The van der Waals surface area contributed by atoms with Crippen LogP contribution in [-0.4, -0.2) is 126 Å². The standard InChI is InChI=1S/C12H24O12/c13-1-4(15)7(18)9(20)6(17)3-24-12(23)11(22)10(21)8(19)5(16)2-14/h4-11,13-22H,1-3H2/t4-,5-,6+,7-,8-,9-,10+,11-/m1/s1. The fraction of sp³-hybridized carbons (Fsp3) is 0.917. The summed E-state index contributed by atoms with van der Waals surface area (Å²) in [6, 6.07) is 0. The Labute approximate surface area is 136 Å². The van der Waals surface area contributed by atoms with Gasteiger partial charge >= 0.3 is 5.97 Å². The highest BCUT2D eigenvalue weighted by atomic mass is 16.6. The quantitative estimate of drug-likeness (QED) is 0.155. The van der Waals surface area contributed by atoms with Crippen molar-refractivity contribution in [1.29, 1.82) is 0 Å². The van der Waals surface area contributed by atoms with Crippen LogP contribution < -0.4 is 0 Å². The number of aliphatic hydroxyl groups excluding tert-OH is 10. The zero-order chi connectivity index (χ0) is 19.0. The number of rotatable bonds is 11. The van der Waals surface area contributed by atoms with E-state index in [9.17, 15) is 35.4 Å². The second-order valence-electron chi connectivity index (χ2n) is 5.10. The summed E-state index contributed by atoms with van der Waals surface area (Å²) in [5, 5.41) is 91.9. The lowest BCUT2D eigenvalue weighted by molar-refractivity contribution is -0.177. The van der Waals surface area contributed by atoms with Gasteiger partial charge in [0.05, 0.1) is 13.2 Å². The molecule has 0 fully saturated rings. The first-order valence-electron chi connectivity index (χ1n) is 6.91. The number of hydrogen-bond donors (Lipinski definition) is 10. The number of ether oxygens (including phenoxy) is 1. The maximum absolute atomic E-state index is 11.5. The molecule has 10 N–H and O–H groups in total. The van der Waals surface area contributed by atoms with Gasteiger partial charge in [-0.05, 0) is 0 Å². The topological polar surface area (TPSA) is 229 Å². The van der Waals surface area contributed by atoms with Gasteiger partial charge in [0, 0.05) is 0 Å². The smallest absolute Gasteiger partial charge is 0.337 e. The van der Waals surface area contributed by atoms with Gasteiger partial charge in [0.2, 0.25) is 0 Å². The maximum Gasteiger partial charge on any atom is 0.337 e. The van der Waals surface area contributed by atoms with Crippen molar-refractivity contribution in [2.45, 2.75) is 48.8 Å². The number of esters is 1. The Bertz CT molecular complexity index is 366. The molecule has 0 saturated carbocycles. The predicted molar refractivity (Wildman–Crippen MR) is 73.2 cm³/mol. The SMILES string of the molecule is O=C(OC[C@H](O)[C@@H](O)[C@H](O)[C@H](O)CO)[C@H](O)[C@@H](O)[C@H](O)[C@H](O)CO. The molecule has 0 aliphatic heterocycles. The van der Waals surface area contributed by atoms with E-state index in [0.29, 0.717) is 0 Å². The monoisotopic (exact) mass is 360 g/mol. The van der Waals surface area contributed by atoms with Gasteiger partial charge in [0.15, 0.2) is 6.10 Å². The first kappa shape index (κ1) is 23.1. The van der Waals surface area contributed by atoms with Crippen molar-refractivity contribution in [1.82, 2.24) is 0 Å². The third kappa shape index (κ3) is 6.52. The third-order valence-corrected chi connectivity index (χ3v) is 3.22. The molecule has 0 unspecified atom stereocenters. The van der Waals surface area contributed by atoms with E-state index >= 15 is 0 Å². The fourth-order valence-corrected chi connectivity index (χ4v) is 1.58. The summed E-state index contributed by atoms with van der Waals surface area (Å²) in [4.78, 5) is 11.5. The van der Waals surface area contributed by atoms with E-state index in [1.54, 1.807) is 0 Å². The molecule has 12 nitrogen and oxygen atoms in total. The molecular formula is C12H24O12. The van der Waals surface area contributed by atoms with Crippen LogP contribution in [0.4, 0.5) is 0 Å². The molecule has 12 heteroatoms. The molecule has 0 rings (SSSR count). The van der Waals surface area contributed by atoms with Crippen molar-refractivity contribution in [2.24, 2.45) is 0 Å². The van der Waals surface area contributed by atoms with Gasteiger partial charge in [-0.1, -0.05) is 0 Å². The Morgan fingerprint density at radius 2 is 1.04 bits per heavy atom. The van der Waals surface area contributed by atoms with Gasteiger partial charge < -0.3 is 55.8 Å². The Balaban J connectivity index is 4.51. The number of aliphatic hydroxyl groups is 10. The van der Waals surface area contributed by atoms with Crippen molar-refractivity contribution in [3.63, 3.8) is 0 Å². The van der Waals surface area contributed by atoms with Gasteiger partial charge in [-0.15, -0.1) is 0 Å². The highest BCUT2D eigenvalue weighted by Gasteiger charge is 2.36. The third-order valence-electron chi connectivity index (χ3n) is 3.22. The largest absolute Gasteiger partial charge is 0.461 e. The average Bonchev–Trinajstić information content (AvgIpc) is 2.60. The van der Waals surface area contributed by atoms with E-state index in [1.807, 2.05) is 0 Å². The molecule has 0 heterocycles. The first-order chi connectivity index (χ1) is 11.1. The van der Waals surface area contributed by atoms with E-state index in [-0.39, 0.29) is 0 Å². The van der Waals surface area contributed by atoms with E-state index in [2.05, 4.69) is 4.74 Å². The normalized spacial score (nSPS) is 21.9. The molecule has 8 atom stereocenters. The molecule has 24 heavy (non-hydrogen) atoms. The van der Waals surface area contributed by atoms with Crippen LogP contribution in [0.2, 0.25) is 0 Å². The van der Waals surface area contributed by atoms with Crippen molar-refractivity contribution >= 4 is 5.97 Å². The van der Waals surface area contributed by atoms with Crippen LogP contribution >= 0.6 is 0 Å². The lowest BCUT2D eigenvalue weighted by Gasteiger charge is -2.27. The van der Waals surface area contributed by atoms with Gasteiger partial charge in [-0.25, -0.2) is 4.79 Å². The molecule has 0 aliphatic rings. The van der Waals surface area contributed by atoms with Gasteiger partial charge in [0.25, 0.3) is 0 Å². The second kappa shape index (κ2) is 10.8. The van der Waals surface area contributed by atoms with Crippen LogP contribution in [0.3, 0.4) is 0 Å². The molecule has 0 aliphatic carbocycles. The molecule has 0 spiro atoms. The summed E-state index contributed by atoms with van der Waals surface area (Å²) >= 11 is 0. The Hall–Kier alpha value is -0.930. The molecule has 0 amide bonds. The lowest BCUT2D eigenvalue weighted by Crippen LogP contribution is -2.50. The lowest BCUT2D eigenvalue weighted by atomic mass is 10.0. The minimum absolute atomic E-state index is 0.902. The van der Waals surface area contributed by atoms with E-state index in [1.165, 1.54) is 0 Å². The zero-order valence-electron chi connectivity index (χ0n) is 12.5. The Morgan fingerprint density at radius 1 is 0.667 bits per heavy atom. The average molecular weight is 360 g/mol. The minimum Gasteiger partial charge on any atom is -0.461 e. The molecule has 0 radical (unpaired) electrons. The van der Waals surface area contributed by atoms with Crippen molar-refractivity contribution in [3.05, 3.63) is 0 Å². The van der Waals surface area contributed by atoms with Gasteiger partial charge in [-0.3, -0.25) is 0 Å². The maximum atomic E-state index is 11.5. The molecule has 0 aromatic carbocycles. The number of carbonyl (C=O) groups excluding carboxylic acids is 1. The zero-order valence-corrected chi connectivity index (χ0v) is 12.5. The highest BCUT2D eigenvalue weighted by Crippen LogP contribution is 2.09. The Morgan fingerprint density at radius 3 is 1.46 bits per heavy atom.